The minimum absolute atomic E-state index is 0.451. The van der Waals surface area contributed by atoms with E-state index in [1.807, 2.05) is 0 Å². The van der Waals surface area contributed by atoms with Gasteiger partial charge in [0.05, 0.1) is 5.60 Å². The van der Waals surface area contributed by atoms with Gasteiger partial charge in [0.1, 0.15) is 0 Å². The average molecular weight is 196 g/mol. The van der Waals surface area contributed by atoms with Crippen LogP contribution in [0.4, 0.5) is 0 Å². The van der Waals surface area contributed by atoms with Crippen LogP contribution in [0.1, 0.15) is 52.4 Å². The first kappa shape index (κ1) is 11.8. The Kier molecular flexibility index (Phi) is 4.18. The molecule has 1 N–H and O–H groups in total. The second-order valence-electron chi connectivity index (χ2n) is 4.81. The molecule has 0 amide bonds. The van der Waals surface area contributed by atoms with Gasteiger partial charge in [-0.25, -0.2) is 0 Å². The van der Waals surface area contributed by atoms with Gasteiger partial charge in [0.15, 0.2) is 0 Å². The molecule has 0 saturated heterocycles. The van der Waals surface area contributed by atoms with Gasteiger partial charge in [0.2, 0.25) is 0 Å². The second kappa shape index (κ2) is 4.97. The third kappa shape index (κ3) is 2.38. The van der Waals surface area contributed by atoms with Gasteiger partial charge in [-0.1, -0.05) is 39.2 Å². The zero-order valence-electron chi connectivity index (χ0n) is 9.63. The SMILES string of the molecule is C=CC1(O)CCCC1C(C)CCCC. The van der Waals surface area contributed by atoms with Crippen LogP contribution in [-0.2, 0) is 0 Å². The summed E-state index contributed by atoms with van der Waals surface area (Å²) in [6, 6.07) is 0. The fraction of sp³-hybridized carbons (Fsp3) is 0.846. The molecule has 0 heterocycles. The third-order valence-electron chi connectivity index (χ3n) is 3.79. The molecule has 3 unspecified atom stereocenters. The van der Waals surface area contributed by atoms with Crippen molar-refractivity contribution in [1.29, 1.82) is 0 Å². The number of aliphatic hydroxyl groups is 1. The largest absolute Gasteiger partial charge is 0.386 e. The minimum Gasteiger partial charge on any atom is -0.386 e. The number of hydrogen-bond donors (Lipinski definition) is 1. The van der Waals surface area contributed by atoms with Crippen molar-refractivity contribution in [2.24, 2.45) is 11.8 Å². The van der Waals surface area contributed by atoms with Crippen LogP contribution in [0, 0.1) is 11.8 Å². The highest BCUT2D eigenvalue weighted by Crippen LogP contribution is 2.42. The summed E-state index contributed by atoms with van der Waals surface area (Å²) in [5, 5.41) is 10.3. The standard InChI is InChI=1S/C13H24O/c1-4-6-8-11(3)12-9-7-10-13(12,14)5-2/h5,11-12,14H,2,4,6-10H2,1,3H3. The van der Waals surface area contributed by atoms with E-state index in [1.54, 1.807) is 6.08 Å². The first-order chi connectivity index (χ1) is 6.64. The van der Waals surface area contributed by atoms with Crippen LogP contribution in [0.2, 0.25) is 0 Å². The van der Waals surface area contributed by atoms with E-state index in [2.05, 4.69) is 20.4 Å². The molecular formula is C13H24O. The highest BCUT2D eigenvalue weighted by Gasteiger charge is 2.40. The first-order valence-electron chi connectivity index (χ1n) is 6.00. The number of unbranched alkanes of at least 4 members (excludes halogenated alkanes) is 1. The van der Waals surface area contributed by atoms with Crippen molar-refractivity contribution < 1.29 is 5.11 Å². The molecule has 82 valence electrons. The molecule has 0 aliphatic heterocycles. The molecule has 0 aromatic carbocycles. The molecule has 1 aliphatic carbocycles. The maximum absolute atomic E-state index is 10.3. The second-order valence-corrected chi connectivity index (χ2v) is 4.81. The normalized spacial score (nSPS) is 34.4. The van der Waals surface area contributed by atoms with Gasteiger partial charge in [0.25, 0.3) is 0 Å². The van der Waals surface area contributed by atoms with E-state index < -0.39 is 5.60 Å². The molecule has 1 fully saturated rings. The van der Waals surface area contributed by atoms with E-state index in [9.17, 15) is 5.11 Å². The average Bonchev–Trinajstić information content (AvgIpc) is 2.57. The van der Waals surface area contributed by atoms with Gasteiger partial charge in [-0.15, -0.1) is 6.58 Å². The Morgan fingerprint density at radius 2 is 2.36 bits per heavy atom. The molecule has 14 heavy (non-hydrogen) atoms. The van der Waals surface area contributed by atoms with Gasteiger partial charge < -0.3 is 5.11 Å². The van der Waals surface area contributed by atoms with Crippen LogP contribution in [0.15, 0.2) is 12.7 Å². The van der Waals surface area contributed by atoms with Crippen LogP contribution >= 0.6 is 0 Å². The Hall–Kier alpha value is -0.300. The highest BCUT2D eigenvalue weighted by molar-refractivity contribution is 5.05. The van der Waals surface area contributed by atoms with Gasteiger partial charge in [-0.05, 0) is 31.1 Å². The Bertz CT molecular complexity index is 188. The van der Waals surface area contributed by atoms with Crippen molar-refractivity contribution >= 4 is 0 Å². The lowest BCUT2D eigenvalue weighted by Crippen LogP contribution is -2.34. The number of hydrogen-bond acceptors (Lipinski definition) is 1. The predicted octanol–water partition coefficient (Wildman–Crippen LogP) is 3.53. The zero-order chi connectivity index (χ0) is 10.6. The summed E-state index contributed by atoms with van der Waals surface area (Å²) in [5.41, 5.74) is -0.562. The molecule has 0 bridgehead atoms. The molecule has 1 nitrogen and oxygen atoms in total. The summed E-state index contributed by atoms with van der Waals surface area (Å²) < 4.78 is 0. The van der Waals surface area contributed by atoms with E-state index in [4.69, 9.17) is 0 Å². The van der Waals surface area contributed by atoms with Gasteiger partial charge in [0, 0.05) is 0 Å². The molecule has 1 rings (SSSR count). The van der Waals surface area contributed by atoms with Crippen LogP contribution in [0.3, 0.4) is 0 Å². The fourth-order valence-corrected chi connectivity index (χ4v) is 2.80. The predicted molar refractivity (Wildman–Crippen MR) is 61.2 cm³/mol. The first-order valence-corrected chi connectivity index (χ1v) is 6.00. The third-order valence-corrected chi connectivity index (χ3v) is 3.79. The molecule has 0 radical (unpaired) electrons. The van der Waals surface area contributed by atoms with Crippen LogP contribution in [0.25, 0.3) is 0 Å². The summed E-state index contributed by atoms with van der Waals surface area (Å²) in [6.45, 7) is 8.28. The topological polar surface area (TPSA) is 20.2 Å². The summed E-state index contributed by atoms with van der Waals surface area (Å²) >= 11 is 0. The van der Waals surface area contributed by atoms with E-state index in [-0.39, 0.29) is 0 Å². The van der Waals surface area contributed by atoms with Crippen LogP contribution in [-0.4, -0.2) is 10.7 Å². The quantitative estimate of drug-likeness (QED) is 0.667. The lowest BCUT2D eigenvalue weighted by Gasteiger charge is -2.31. The molecule has 1 aliphatic rings. The van der Waals surface area contributed by atoms with Gasteiger partial charge in [-0.2, -0.15) is 0 Å². The Morgan fingerprint density at radius 3 is 2.93 bits per heavy atom. The van der Waals surface area contributed by atoms with Crippen molar-refractivity contribution in [2.45, 2.75) is 58.0 Å². The molecule has 0 aromatic rings. The van der Waals surface area contributed by atoms with Crippen molar-refractivity contribution in [3.63, 3.8) is 0 Å². The lowest BCUT2D eigenvalue weighted by atomic mass is 9.79. The van der Waals surface area contributed by atoms with Gasteiger partial charge in [-0.3, -0.25) is 0 Å². The van der Waals surface area contributed by atoms with Crippen molar-refractivity contribution in [1.82, 2.24) is 0 Å². The maximum atomic E-state index is 10.3. The van der Waals surface area contributed by atoms with Gasteiger partial charge >= 0.3 is 0 Å². The molecule has 3 atom stereocenters. The highest BCUT2D eigenvalue weighted by atomic mass is 16.3. The van der Waals surface area contributed by atoms with Crippen LogP contribution < -0.4 is 0 Å². The zero-order valence-corrected chi connectivity index (χ0v) is 9.63. The summed E-state index contributed by atoms with van der Waals surface area (Å²) in [6.07, 6.45) is 8.80. The van der Waals surface area contributed by atoms with Crippen molar-refractivity contribution in [3.8, 4) is 0 Å². The van der Waals surface area contributed by atoms with E-state index in [1.165, 1.54) is 25.7 Å². The monoisotopic (exact) mass is 196 g/mol. The van der Waals surface area contributed by atoms with Crippen molar-refractivity contribution in [3.05, 3.63) is 12.7 Å². The lowest BCUT2D eigenvalue weighted by molar-refractivity contribution is 0.0255. The Balaban J connectivity index is 2.53. The van der Waals surface area contributed by atoms with Crippen molar-refractivity contribution in [2.75, 3.05) is 0 Å². The van der Waals surface area contributed by atoms with E-state index in [0.717, 1.165) is 12.8 Å². The molecule has 0 spiro atoms. The number of rotatable bonds is 5. The molecule has 1 heteroatoms. The Morgan fingerprint density at radius 1 is 1.64 bits per heavy atom. The summed E-state index contributed by atoms with van der Waals surface area (Å²) in [4.78, 5) is 0. The molecule has 0 aromatic heterocycles. The van der Waals surface area contributed by atoms with E-state index in [0.29, 0.717) is 11.8 Å². The maximum Gasteiger partial charge on any atom is 0.0855 e. The summed E-state index contributed by atoms with van der Waals surface area (Å²) in [7, 11) is 0. The smallest absolute Gasteiger partial charge is 0.0855 e. The molecular weight excluding hydrogens is 172 g/mol. The minimum atomic E-state index is -0.562. The fourth-order valence-electron chi connectivity index (χ4n) is 2.80. The summed E-state index contributed by atoms with van der Waals surface area (Å²) in [5.74, 6) is 1.09. The Labute approximate surface area is 88.2 Å². The molecule has 1 saturated carbocycles. The van der Waals surface area contributed by atoms with E-state index >= 15 is 0 Å². The van der Waals surface area contributed by atoms with Crippen LogP contribution in [0.5, 0.6) is 0 Å².